The highest BCUT2D eigenvalue weighted by Crippen LogP contribution is 2.09. The lowest BCUT2D eigenvalue weighted by atomic mass is 10.2. The van der Waals surface area contributed by atoms with E-state index in [4.69, 9.17) is 4.42 Å². The summed E-state index contributed by atoms with van der Waals surface area (Å²) in [4.78, 5) is 23.4. The first-order valence-electron chi connectivity index (χ1n) is 6.15. The molecule has 0 aliphatic heterocycles. The molecule has 10 nitrogen and oxygen atoms in total. The molecule has 0 spiro atoms. The average Bonchev–Trinajstić information content (AvgIpc) is 3.04. The average molecular weight is 294 g/mol. The molecule has 2 aromatic heterocycles. The minimum Gasteiger partial charge on any atom is -0.464 e. The zero-order chi connectivity index (χ0) is 15.4. The van der Waals surface area contributed by atoms with Gasteiger partial charge in [-0.3, -0.25) is 10.1 Å². The summed E-state index contributed by atoms with van der Waals surface area (Å²) in [5.74, 6) is -0.672. The number of amides is 1. The van der Waals surface area contributed by atoms with Gasteiger partial charge < -0.3 is 9.15 Å². The van der Waals surface area contributed by atoms with E-state index in [1.807, 2.05) is 6.92 Å². The Labute approximate surface area is 119 Å². The molecular formula is C11H14N6O4. The number of aryl methyl sites for hydroxylation is 1. The number of rotatable bonds is 5. The van der Waals surface area contributed by atoms with Crippen LogP contribution in [0.2, 0.25) is 0 Å². The van der Waals surface area contributed by atoms with Crippen molar-refractivity contribution in [3.05, 3.63) is 17.3 Å². The number of anilines is 1. The number of carbonyl (C=O) groups is 2. The summed E-state index contributed by atoms with van der Waals surface area (Å²) in [6.45, 7) is 3.30. The van der Waals surface area contributed by atoms with E-state index in [2.05, 4.69) is 30.6 Å². The molecule has 21 heavy (non-hydrogen) atoms. The van der Waals surface area contributed by atoms with Gasteiger partial charge in [0.15, 0.2) is 5.69 Å². The molecule has 112 valence electrons. The molecule has 0 aromatic carbocycles. The third-order valence-electron chi connectivity index (χ3n) is 2.62. The topological polar surface area (TPSA) is 125 Å². The molecular weight excluding hydrogens is 280 g/mol. The van der Waals surface area contributed by atoms with Gasteiger partial charge >= 0.3 is 12.0 Å². The van der Waals surface area contributed by atoms with Gasteiger partial charge in [-0.1, -0.05) is 17.2 Å². The van der Waals surface area contributed by atoms with E-state index in [9.17, 15) is 9.59 Å². The van der Waals surface area contributed by atoms with E-state index in [1.54, 1.807) is 6.92 Å². The minimum absolute atomic E-state index is 0.00357. The number of hydrogen-bond donors (Lipinski definition) is 1. The van der Waals surface area contributed by atoms with Gasteiger partial charge in [0.2, 0.25) is 11.8 Å². The maximum atomic E-state index is 11.9. The fourth-order valence-electron chi connectivity index (χ4n) is 1.71. The maximum Gasteiger partial charge on any atom is 0.360 e. The summed E-state index contributed by atoms with van der Waals surface area (Å²) < 4.78 is 11.0. The van der Waals surface area contributed by atoms with Crippen LogP contribution in [0, 0.1) is 6.92 Å². The first kappa shape index (κ1) is 14.6. The number of hydrogen-bond acceptors (Lipinski definition) is 8. The monoisotopic (exact) mass is 294 g/mol. The van der Waals surface area contributed by atoms with E-state index in [0.29, 0.717) is 18.0 Å². The Morgan fingerprint density at radius 3 is 2.67 bits per heavy atom. The first-order chi connectivity index (χ1) is 10.0. The normalized spacial score (nSPS) is 10.4. The predicted molar refractivity (Wildman–Crippen MR) is 68.4 cm³/mol. The van der Waals surface area contributed by atoms with Gasteiger partial charge in [0, 0.05) is 6.92 Å². The molecule has 0 fully saturated rings. The van der Waals surface area contributed by atoms with Crippen LogP contribution in [0.3, 0.4) is 0 Å². The number of nitrogens with one attached hydrogen (secondary N) is 1. The maximum absolute atomic E-state index is 11.9. The van der Waals surface area contributed by atoms with E-state index in [-0.39, 0.29) is 18.3 Å². The molecule has 0 aliphatic rings. The molecule has 10 heteroatoms. The molecule has 0 unspecified atom stereocenters. The lowest BCUT2D eigenvalue weighted by Crippen LogP contribution is -2.21. The van der Waals surface area contributed by atoms with Crippen molar-refractivity contribution in [2.45, 2.75) is 26.8 Å². The van der Waals surface area contributed by atoms with Crippen LogP contribution < -0.4 is 5.32 Å². The third kappa shape index (κ3) is 3.22. The van der Waals surface area contributed by atoms with Crippen LogP contribution in [-0.4, -0.2) is 44.2 Å². The third-order valence-corrected chi connectivity index (χ3v) is 2.62. The quantitative estimate of drug-likeness (QED) is 0.761. The van der Waals surface area contributed by atoms with Gasteiger partial charge in [-0.2, -0.15) is 0 Å². The second-order valence-electron chi connectivity index (χ2n) is 4.06. The molecule has 0 aliphatic carbocycles. The fourth-order valence-corrected chi connectivity index (χ4v) is 1.71. The summed E-state index contributed by atoms with van der Waals surface area (Å²) in [6, 6.07) is 0.00357. The SMILES string of the molecule is CCc1c(C(=O)OC)nnn1CC(=O)Nc1nnc(C)o1. The highest BCUT2D eigenvalue weighted by Gasteiger charge is 2.20. The smallest absolute Gasteiger partial charge is 0.360 e. The molecule has 1 amide bonds. The summed E-state index contributed by atoms with van der Waals surface area (Å²) in [7, 11) is 1.26. The molecule has 1 N–H and O–H groups in total. The van der Waals surface area contributed by atoms with Crippen LogP contribution in [0.25, 0.3) is 0 Å². The lowest BCUT2D eigenvalue weighted by molar-refractivity contribution is -0.117. The van der Waals surface area contributed by atoms with Crippen molar-refractivity contribution in [2.75, 3.05) is 12.4 Å². The van der Waals surface area contributed by atoms with Crippen molar-refractivity contribution in [3.8, 4) is 0 Å². The Morgan fingerprint density at radius 2 is 2.10 bits per heavy atom. The largest absolute Gasteiger partial charge is 0.464 e. The molecule has 2 heterocycles. The van der Waals surface area contributed by atoms with E-state index < -0.39 is 11.9 Å². The van der Waals surface area contributed by atoms with Gasteiger partial charge in [0.25, 0.3) is 0 Å². The summed E-state index contributed by atoms with van der Waals surface area (Å²) in [5, 5.41) is 17.2. The Hall–Kier alpha value is -2.78. The van der Waals surface area contributed by atoms with Gasteiger partial charge in [-0.25, -0.2) is 9.48 Å². The number of aromatic nitrogens is 5. The van der Waals surface area contributed by atoms with Crippen molar-refractivity contribution in [2.24, 2.45) is 0 Å². The lowest BCUT2D eigenvalue weighted by Gasteiger charge is -2.04. The van der Waals surface area contributed by atoms with Gasteiger partial charge in [-0.05, 0) is 6.42 Å². The Bertz CT molecular complexity index is 661. The van der Waals surface area contributed by atoms with Crippen LogP contribution in [0.4, 0.5) is 6.01 Å². The van der Waals surface area contributed by atoms with Crippen molar-refractivity contribution in [3.63, 3.8) is 0 Å². The second kappa shape index (κ2) is 6.11. The first-order valence-corrected chi connectivity index (χ1v) is 6.15. The van der Waals surface area contributed by atoms with Gasteiger partial charge in [0.05, 0.1) is 12.8 Å². The van der Waals surface area contributed by atoms with Gasteiger partial charge in [0.1, 0.15) is 6.54 Å². The van der Waals surface area contributed by atoms with Crippen LogP contribution >= 0.6 is 0 Å². The Morgan fingerprint density at radius 1 is 1.33 bits per heavy atom. The van der Waals surface area contributed by atoms with Crippen molar-refractivity contribution in [1.29, 1.82) is 0 Å². The molecule has 0 atom stereocenters. The Kier molecular flexibility index (Phi) is 4.26. The molecule has 0 radical (unpaired) electrons. The van der Waals surface area contributed by atoms with Crippen molar-refractivity contribution in [1.82, 2.24) is 25.2 Å². The van der Waals surface area contributed by atoms with E-state index in [0.717, 1.165) is 0 Å². The number of methoxy groups -OCH3 is 1. The van der Waals surface area contributed by atoms with E-state index >= 15 is 0 Å². The van der Waals surface area contributed by atoms with Crippen molar-refractivity contribution >= 4 is 17.9 Å². The van der Waals surface area contributed by atoms with Crippen LogP contribution in [0.1, 0.15) is 29.0 Å². The Balaban J connectivity index is 2.10. The summed E-state index contributed by atoms with van der Waals surface area (Å²) >= 11 is 0. The standard InChI is InChI=1S/C11H14N6O4/c1-4-7-9(10(19)20-3)14-16-17(7)5-8(18)12-11-15-13-6(2)21-11/h4-5H2,1-3H3,(H,12,15,18). The van der Waals surface area contributed by atoms with Crippen LogP contribution in [-0.2, 0) is 22.5 Å². The summed E-state index contributed by atoms with van der Waals surface area (Å²) in [5.41, 5.74) is 0.611. The zero-order valence-corrected chi connectivity index (χ0v) is 11.8. The molecule has 0 saturated carbocycles. The number of carbonyl (C=O) groups excluding carboxylic acids is 2. The molecule has 2 rings (SSSR count). The highest BCUT2D eigenvalue weighted by atomic mass is 16.5. The number of ether oxygens (including phenoxy) is 1. The van der Waals surface area contributed by atoms with Crippen LogP contribution in [0.5, 0.6) is 0 Å². The number of esters is 1. The second-order valence-corrected chi connectivity index (χ2v) is 4.06. The number of nitrogens with zero attached hydrogens (tertiary/aromatic N) is 5. The predicted octanol–water partition coefficient (Wildman–Crippen LogP) is -0.0428. The minimum atomic E-state index is -0.592. The zero-order valence-electron chi connectivity index (χ0n) is 11.8. The highest BCUT2D eigenvalue weighted by molar-refractivity contribution is 5.90. The summed E-state index contributed by atoms with van der Waals surface area (Å²) in [6.07, 6.45) is 0.477. The van der Waals surface area contributed by atoms with Crippen molar-refractivity contribution < 1.29 is 18.7 Å². The van der Waals surface area contributed by atoms with Crippen LogP contribution in [0.15, 0.2) is 4.42 Å². The molecule has 2 aromatic rings. The molecule has 0 saturated heterocycles. The molecule has 0 bridgehead atoms. The van der Waals surface area contributed by atoms with E-state index in [1.165, 1.54) is 11.8 Å². The van der Waals surface area contributed by atoms with Gasteiger partial charge in [-0.15, -0.1) is 10.2 Å². The fraction of sp³-hybridized carbons (Fsp3) is 0.455.